The first kappa shape index (κ1) is 19.8. The largest absolute Gasteiger partial charge is 0.355 e. The van der Waals surface area contributed by atoms with E-state index >= 15 is 0 Å². The number of aromatic nitrogens is 1. The van der Waals surface area contributed by atoms with E-state index < -0.39 is 0 Å². The molecule has 1 aliphatic rings. The molecule has 7 heteroatoms. The van der Waals surface area contributed by atoms with Crippen LogP contribution in [0.1, 0.15) is 31.2 Å². The molecule has 3 rings (SSSR count). The number of amides is 2. The van der Waals surface area contributed by atoms with Crippen molar-refractivity contribution in [2.45, 2.75) is 32.6 Å². The van der Waals surface area contributed by atoms with E-state index in [0.717, 1.165) is 49.4 Å². The second-order valence-corrected chi connectivity index (χ2v) is 8.01. The zero-order valence-corrected chi connectivity index (χ0v) is 16.8. The van der Waals surface area contributed by atoms with Crippen LogP contribution in [0.2, 0.25) is 0 Å². The van der Waals surface area contributed by atoms with Crippen LogP contribution < -0.4 is 5.32 Å². The first-order chi connectivity index (χ1) is 13.2. The van der Waals surface area contributed by atoms with Gasteiger partial charge in [0.15, 0.2) is 0 Å². The summed E-state index contributed by atoms with van der Waals surface area (Å²) >= 11 is 1.72. The summed E-state index contributed by atoms with van der Waals surface area (Å²) in [5, 5.41) is 3.94. The van der Waals surface area contributed by atoms with Gasteiger partial charge >= 0.3 is 0 Å². The summed E-state index contributed by atoms with van der Waals surface area (Å²) < 4.78 is 1.21. The minimum Gasteiger partial charge on any atom is -0.355 e. The first-order valence-electron chi connectivity index (χ1n) is 9.77. The Hall–Kier alpha value is -1.99. The lowest BCUT2D eigenvalue weighted by Gasteiger charge is -2.21. The maximum atomic E-state index is 12.6. The Kier molecular flexibility index (Phi) is 7.18. The molecule has 0 saturated carbocycles. The highest BCUT2D eigenvalue weighted by molar-refractivity contribution is 7.18. The van der Waals surface area contributed by atoms with Gasteiger partial charge in [0, 0.05) is 39.1 Å². The zero-order chi connectivity index (χ0) is 19.1. The molecular formula is C20H28N4O2S. The second kappa shape index (κ2) is 9.80. The number of carbonyl (C=O) groups excluding carboxylic acids is 2. The van der Waals surface area contributed by atoms with Gasteiger partial charge in [-0.1, -0.05) is 12.1 Å². The smallest absolute Gasteiger partial charge is 0.234 e. The van der Waals surface area contributed by atoms with Crippen LogP contribution >= 0.6 is 11.3 Å². The highest BCUT2D eigenvalue weighted by atomic mass is 32.1. The van der Waals surface area contributed by atoms with E-state index in [1.807, 2.05) is 30.0 Å². The van der Waals surface area contributed by atoms with Crippen LogP contribution in [0.3, 0.4) is 0 Å². The summed E-state index contributed by atoms with van der Waals surface area (Å²) in [5.41, 5.74) is 1.04. The molecule has 1 fully saturated rings. The first-order valence-corrected chi connectivity index (χ1v) is 10.6. The van der Waals surface area contributed by atoms with E-state index in [4.69, 9.17) is 0 Å². The predicted octanol–water partition coefficient (Wildman–Crippen LogP) is 2.29. The van der Waals surface area contributed by atoms with Crippen LogP contribution in [0.15, 0.2) is 24.3 Å². The number of rotatable bonds is 7. The fraction of sp³-hybridized carbons (Fsp3) is 0.550. The number of nitrogens with one attached hydrogen (secondary N) is 1. The van der Waals surface area contributed by atoms with Crippen LogP contribution in [0.25, 0.3) is 10.2 Å². The van der Waals surface area contributed by atoms with Crippen molar-refractivity contribution in [3.63, 3.8) is 0 Å². The summed E-state index contributed by atoms with van der Waals surface area (Å²) in [7, 11) is 0. The predicted molar refractivity (Wildman–Crippen MR) is 109 cm³/mol. The zero-order valence-electron chi connectivity index (χ0n) is 15.9. The molecule has 2 aromatic rings. The van der Waals surface area contributed by atoms with Gasteiger partial charge in [-0.3, -0.25) is 14.5 Å². The monoisotopic (exact) mass is 388 g/mol. The molecule has 146 valence electrons. The number of para-hydroxylation sites is 1. The van der Waals surface area contributed by atoms with Crippen molar-refractivity contribution in [2.24, 2.45) is 0 Å². The molecule has 1 saturated heterocycles. The lowest BCUT2D eigenvalue weighted by Crippen LogP contribution is -2.40. The number of hydrogen-bond acceptors (Lipinski definition) is 5. The number of benzene rings is 1. The standard InChI is InChI=1S/C20H28N4O2S/c1-2-21-18(25)15-23-11-6-12-24(14-13-23)20(26)10-5-9-19-22-16-7-3-4-8-17(16)27-19/h3-4,7-8H,2,5-6,9-15H2,1H3,(H,21,25). The van der Waals surface area contributed by atoms with Gasteiger partial charge in [0.2, 0.25) is 11.8 Å². The molecule has 2 amide bonds. The van der Waals surface area contributed by atoms with E-state index in [1.165, 1.54) is 4.70 Å². The summed E-state index contributed by atoms with van der Waals surface area (Å²) in [6.07, 6.45) is 3.16. The molecule has 1 N–H and O–H groups in total. The molecule has 1 aliphatic heterocycles. The molecule has 0 bridgehead atoms. The van der Waals surface area contributed by atoms with Crippen molar-refractivity contribution in [1.82, 2.24) is 20.1 Å². The van der Waals surface area contributed by atoms with E-state index in [9.17, 15) is 9.59 Å². The minimum absolute atomic E-state index is 0.0631. The maximum absolute atomic E-state index is 12.6. The summed E-state index contributed by atoms with van der Waals surface area (Å²) in [6.45, 7) is 6.13. The normalized spacial score (nSPS) is 15.7. The summed E-state index contributed by atoms with van der Waals surface area (Å²) in [5.74, 6) is 0.282. The molecule has 2 heterocycles. The fourth-order valence-electron chi connectivity index (χ4n) is 3.41. The van der Waals surface area contributed by atoms with Gasteiger partial charge in [-0.2, -0.15) is 0 Å². The van der Waals surface area contributed by atoms with Crippen molar-refractivity contribution in [2.75, 3.05) is 39.3 Å². The van der Waals surface area contributed by atoms with Crippen LogP contribution in [0.4, 0.5) is 0 Å². The fourth-order valence-corrected chi connectivity index (χ4v) is 4.42. The number of nitrogens with zero attached hydrogens (tertiary/aromatic N) is 3. The van der Waals surface area contributed by atoms with Crippen molar-refractivity contribution in [3.05, 3.63) is 29.3 Å². The molecule has 6 nitrogen and oxygen atoms in total. The van der Waals surface area contributed by atoms with Crippen molar-refractivity contribution in [1.29, 1.82) is 0 Å². The third-order valence-corrected chi connectivity index (χ3v) is 5.90. The molecule has 0 radical (unpaired) electrons. The number of likely N-dealkylation sites (N-methyl/N-ethyl adjacent to an activating group) is 1. The maximum Gasteiger partial charge on any atom is 0.234 e. The molecule has 0 aliphatic carbocycles. The highest BCUT2D eigenvalue weighted by Crippen LogP contribution is 2.22. The quantitative estimate of drug-likeness (QED) is 0.790. The molecule has 27 heavy (non-hydrogen) atoms. The number of hydrogen-bond donors (Lipinski definition) is 1. The van der Waals surface area contributed by atoms with E-state index in [-0.39, 0.29) is 11.8 Å². The van der Waals surface area contributed by atoms with Gasteiger partial charge in [-0.05, 0) is 38.3 Å². The SMILES string of the molecule is CCNC(=O)CN1CCCN(C(=O)CCCc2nc3ccccc3s2)CC1. The average Bonchev–Trinajstić information content (AvgIpc) is 2.92. The molecule has 1 aromatic heterocycles. The molecule has 0 unspecified atom stereocenters. The lowest BCUT2D eigenvalue weighted by atomic mass is 10.2. The Morgan fingerprint density at radius 1 is 1.19 bits per heavy atom. The van der Waals surface area contributed by atoms with Crippen molar-refractivity contribution >= 4 is 33.4 Å². The average molecular weight is 389 g/mol. The highest BCUT2D eigenvalue weighted by Gasteiger charge is 2.20. The van der Waals surface area contributed by atoms with Gasteiger partial charge in [-0.25, -0.2) is 4.98 Å². The van der Waals surface area contributed by atoms with Gasteiger partial charge < -0.3 is 10.2 Å². The third kappa shape index (κ3) is 5.74. The van der Waals surface area contributed by atoms with Crippen LogP contribution in [0, 0.1) is 0 Å². The van der Waals surface area contributed by atoms with Gasteiger partial charge in [0.25, 0.3) is 0 Å². The molecule has 1 aromatic carbocycles. The minimum atomic E-state index is 0.0631. The second-order valence-electron chi connectivity index (χ2n) is 6.89. The summed E-state index contributed by atoms with van der Waals surface area (Å²) in [6, 6.07) is 8.15. The van der Waals surface area contributed by atoms with Crippen molar-refractivity contribution in [3.8, 4) is 0 Å². The Balaban J connectivity index is 1.42. The van der Waals surface area contributed by atoms with Gasteiger partial charge in [0.05, 0.1) is 21.8 Å². The topological polar surface area (TPSA) is 65.5 Å². The van der Waals surface area contributed by atoms with Crippen molar-refractivity contribution < 1.29 is 9.59 Å². The number of fused-ring (bicyclic) bond motifs is 1. The summed E-state index contributed by atoms with van der Waals surface area (Å²) in [4.78, 5) is 33.0. The van der Waals surface area contributed by atoms with E-state index in [1.54, 1.807) is 11.3 Å². The number of thiazole rings is 1. The lowest BCUT2D eigenvalue weighted by molar-refractivity contribution is -0.131. The number of carbonyl (C=O) groups is 2. The number of aryl methyl sites for hydroxylation is 1. The molecular weight excluding hydrogens is 360 g/mol. The Morgan fingerprint density at radius 2 is 2.04 bits per heavy atom. The van der Waals surface area contributed by atoms with Gasteiger partial charge in [0.1, 0.15) is 0 Å². The Labute approximate surface area is 164 Å². The Bertz CT molecular complexity index is 743. The van der Waals surface area contributed by atoms with Crippen LogP contribution in [-0.2, 0) is 16.0 Å². The molecule has 0 spiro atoms. The van der Waals surface area contributed by atoms with Crippen LogP contribution in [-0.4, -0.2) is 65.9 Å². The van der Waals surface area contributed by atoms with Crippen LogP contribution in [0.5, 0.6) is 0 Å². The van der Waals surface area contributed by atoms with Gasteiger partial charge in [-0.15, -0.1) is 11.3 Å². The van der Waals surface area contributed by atoms with E-state index in [2.05, 4.69) is 21.3 Å². The molecule has 0 atom stereocenters. The third-order valence-electron chi connectivity index (χ3n) is 4.80. The van der Waals surface area contributed by atoms with E-state index in [0.29, 0.717) is 26.1 Å². The Morgan fingerprint density at radius 3 is 2.85 bits per heavy atom.